The van der Waals surface area contributed by atoms with Crippen molar-refractivity contribution in [2.24, 2.45) is 5.92 Å². The quantitative estimate of drug-likeness (QED) is 0.658. The molecule has 2 atom stereocenters. The van der Waals surface area contributed by atoms with Gasteiger partial charge < -0.3 is 5.32 Å². The topological polar surface area (TPSA) is 55.2 Å². The van der Waals surface area contributed by atoms with E-state index in [9.17, 15) is 14.5 Å². The molecule has 1 aromatic rings. The van der Waals surface area contributed by atoms with Gasteiger partial charge in [-0.1, -0.05) is 19.8 Å². The molecule has 1 aliphatic carbocycles. The molecule has 18 heavy (non-hydrogen) atoms. The molecule has 0 bridgehead atoms. The SMILES string of the molecule is CC1CCCCC1Nc1cc(F)ccc1[N+](=O)[O-]. The van der Waals surface area contributed by atoms with E-state index < -0.39 is 10.7 Å². The van der Waals surface area contributed by atoms with Crippen LogP contribution < -0.4 is 5.32 Å². The van der Waals surface area contributed by atoms with E-state index in [1.165, 1.54) is 18.6 Å². The Morgan fingerprint density at radius 3 is 2.78 bits per heavy atom. The van der Waals surface area contributed by atoms with E-state index in [0.29, 0.717) is 11.6 Å². The summed E-state index contributed by atoms with van der Waals surface area (Å²) < 4.78 is 13.2. The highest BCUT2D eigenvalue weighted by Crippen LogP contribution is 2.31. The van der Waals surface area contributed by atoms with Crippen molar-refractivity contribution < 1.29 is 9.31 Å². The molecule has 0 aromatic heterocycles. The molecule has 1 aliphatic rings. The van der Waals surface area contributed by atoms with Crippen LogP contribution in [-0.2, 0) is 0 Å². The minimum Gasteiger partial charge on any atom is -0.376 e. The van der Waals surface area contributed by atoms with Crippen LogP contribution in [0.3, 0.4) is 0 Å². The number of nitro groups is 1. The molecule has 1 fully saturated rings. The molecule has 98 valence electrons. The molecular weight excluding hydrogens is 235 g/mol. The van der Waals surface area contributed by atoms with Crippen molar-refractivity contribution in [2.75, 3.05) is 5.32 Å². The van der Waals surface area contributed by atoms with Gasteiger partial charge in [0.25, 0.3) is 5.69 Å². The third-order valence-electron chi connectivity index (χ3n) is 3.61. The molecule has 2 rings (SSSR count). The number of halogens is 1. The standard InChI is InChI=1S/C13H17FN2O2/c1-9-4-2-3-5-11(9)15-12-8-10(14)6-7-13(12)16(17)18/h6-9,11,15H,2-5H2,1H3. The molecule has 1 saturated carbocycles. The molecular formula is C13H17FN2O2. The first-order valence-corrected chi connectivity index (χ1v) is 6.28. The second-order valence-corrected chi connectivity index (χ2v) is 4.93. The summed E-state index contributed by atoms with van der Waals surface area (Å²) >= 11 is 0. The number of nitrogens with one attached hydrogen (secondary N) is 1. The summed E-state index contributed by atoms with van der Waals surface area (Å²) in [6.07, 6.45) is 4.41. The minimum absolute atomic E-state index is 0.0610. The highest BCUT2D eigenvalue weighted by atomic mass is 19.1. The van der Waals surface area contributed by atoms with E-state index in [4.69, 9.17) is 0 Å². The van der Waals surface area contributed by atoms with Crippen LogP contribution in [0.5, 0.6) is 0 Å². The maximum Gasteiger partial charge on any atom is 0.292 e. The smallest absolute Gasteiger partial charge is 0.292 e. The second-order valence-electron chi connectivity index (χ2n) is 4.93. The fraction of sp³-hybridized carbons (Fsp3) is 0.538. The molecule has 1 aromatic carbocycles. The van der Waals surface area contributed by atoms with Crippen molar-refractivity contribution in [1.82, 2.24) is 0 Å². The summed E-state index contributed by atoms with van der Waals surface area (Å²) in [7, 11) is 0. The van der Waals surface area contributed by atoms with Gasteiger partial charge >= 0.3 is 0 Å². The van der Waals surface area contributed by atoms with Gasteiger partial charge in [-0.2, -0.15) is 0 Å². The first-order valence-electron chi connectivity index (χ1n) is 6.28. The summed E-state index contributed by atoms with van der Waals surface area (Å²) in [5, 5.41) is 14.0. The zero-order valence-corrected chi connectivity index (χ0v) is 10.4. The average molecular weight is 252 g/mol. The Morgan fingerprint density at radius 1 is 1.39 bits per heavy atom. The highest BCUT2D eigenvalue weighted by Gasteiger charge is 2.24. The minimum atomic E-state index is -0.477. The van der Waals surface area contributed by atoms with Crippen molar-refractivity contribution in [3.05, 3.63) is 34.1 Å². The molecule has 0 saturated heterocycles. The van der Waals surface area contributed by atoms with Crippen molar-refractivity contribution in [2.45, 2.75) is 38.6 Å². The first kappa shape index (κ1) is 12.8. The van der Waals surface area contributed by atoms with Gasteiger partial charge in [-0.3, -0.25) is 10.1 Å². The molecule has 5 heteroatoms. The number of nitro benzene ring substituents is 1. The lowest BCUT2D eigenvalue weighted by Crippen LogP contribution is -2.30. The molecule has 0 spiro atoms. The fourth-order valence-electron chi connectivity index (χ4n) is 2.51. The average Bonchev–Trinajstić information content (AvgIpc) is 2.32. The van der Waals surface area contributed by atoms with Crippen LogP contribution in [0.1, 0.15) is 32.6 Å². The molecule has 0 heterocycles. The molecule has 0 amide bonds. The second kappa shape index (κ2) is 5.33. The lowest BCUT2D eigenvalue weighted by atomic mass is 9.86. The lowest BCUT2D eigenvalue weighted by molar-refractivity contribution is -0.384. The zero-order valence-electron chi connectivity index (χ0n) is 10.4. The van der Waals surface area contributed by atoms with Crippen molar-refractivity contribution in [3.8, 4) is 0 Å². The van der Waals surface area contributed by atoms with Crippen molar-refractivity contribution in [3.63, 3.8) is 0 Å². The van der Waals surface area contributed by atoms with Gasteiger partial charge in [-0.25, -0.2) is 4.39 Å². The summed E-state index contributed by atoms with van der Waals surface area (Å²) in [5.41, 5.74) is 0.230. The Balaban J connectivity index is 2.21. The first-order chi connectivity index (χ1) is 8.58. The summed E-state index contributed by atoms with van der Waals surface area (Å²) in [6.45, 7) is 2.13. The molecule has 0 aliphatic heterocycles. The van der Waals surface area contributed by atoms with Crippen LogP contribution in [0.15, 0.2) is 18.2 Å². The maximum atomic E-state index is 13.2. The van der Waals surface area contributed by atoms with E-state index in [1.54, 1.807) is 0 Å². The van der Waals surface area contributed by atoms with Crippen LogP contribution in [0, 0.1) is 21.8 Å². The van der Waals surface area contributed by atoms with Gasteiger partial charge in [0.05, 0.1) is 4.92 Å². The molecule has 2 unspecified atom stereocenters. The van der Waals surface area contributed by atoms with E-state index >= 15 is 0 Å². The van der Waals surface area contributed by atoms with Gasteiger partial charge in [-0.15, -0.1) is 0 Å². The lowest BCUT2D eigenvalue weighted by Gasteiger charge is -2.30. The van der Waals surface area contributed by atoms with Crippen LogP contribution in [0.25, 0.3) is 0 Å². The fourth-order valence-corrected chi connectivity index (χ4v) is 2.51. The molecule has 0 radical (unpaired) electrons. The van der Waals surface area contributed by atoms with Gasteiger partial charge in [0.1, 0.15) is 11.5 Å². The summed E-state index contributed by atoms with van der Waals surface area (Å²) in [6, 6.07) is 3.73. The Hall–Kier alpha value is -1.65. The van der Waals surface area contributed by atoms with E-state index in [1.807, 2.05) is 0 Å². The van der Waals surface area contributed by atoms with Gasteiger partial charge in [0.15, 0.2) is 0 Å². The predicted molar refractivity (Wildman–Crippen MR) is 68.1 cm³/mol. The predicted octanol–water partition coefficient (Wildman–Crippen LogP) is 3.72. The number of hydrogen-bond acceptors (Lipinski definition) is 3. The summed E-state index contributed by atoms with van der Waals surface area (Å²) in [4.78, 5) is 10.4. The van der Waals surface area contributed by atoms with E-state index in [2.05, 4.69) is 12.2 Å². The Kier molecular flexibility index (Phi) is 3.79. The third-order valence-corrected chi connectivity index (χ3v) is 3.61. The number of rotatable bonds is 3. The van der Waals surface area contributed by atoms with Gasteiger partial charge in [-0.05, 0) is 24.8 Å². The Bertz CT molecular complexity index is 451. The monoisotopic (exact) mass is 252 g/mol. The number of hydrogen-bond donors (Lipinski definition) is 1. The highest BCUT2D eigenvalue weighted by molar-refractivity contribution is 5.62. The normalized spacial score (nSPS) is 23.7. The maximum absolute atomic E-state index is 13.2. The Labute approximate surface area is 105 Å². The van der Waals surface area contributed by atoms with Crippen LogP contribution >= 0.6 is 0 Å². The van der Waals surface area contributed by atoms with Gasteiger partial charge in [0.2, 0.25) is 0 Å². The Morgan fingerprint density at radius 2 is 2.11 bits per heavy atom. The van der Waals surface area contributed by atoms with Gasteiger partial charge in [0, 0.05) is 18.2 Å². The molecule has 4 nitrogen and oxygen atoms in total. The van der Waals surface area contributed by atoms with E-state index in [-0.39, 0.29) is 11.7 Å². The third kappa shape index (κ3) is 2.78. The number of anilines is 1. The largest absolute Gasteiger partial charge is 0.376 e. The van der Waals surface area contributed by atoms with Crippen molar-refractivity contribution in [1.29, 1.82) is 0 Å². The summed E-state index contributed by atoms with van der Waals surface area (Å²) in [5.74, 6) is 0.00758. The number of benzene rings is 1. The number of nitrogens with zero attached hydrogens (tertiary/aromatic N) is 1. The molecule has 1 N–H and O–H groups in total. The van der Waals surface area contributed by atoms with Crippen LogP contribution in [0.4, 0.5) is 15.8 Å². The zero-order chi connectivity index (χ0) is 13.1. The van der Waals surface area contributed by atoms with Crippen LogP contribution in [-0.4, -0.2) is 11.0 Å². The van der Waals surface area contributed by atoms with E-state index in [0.717, 1.165) is 25.3 Å². The van der Waals surface area contributed by atoms with Crippen molar-refractivity contribution >= 4 is 11.4 Å². The van der Waals surface area contributed by atoms with Crippen LogP contribution in [0.2, 0.25) is 0 Å².